The normalized spacial score (nSPS) is 12.7. The summed E-state index contributed by atoms with van der Waals surface area (Å²) in [6.45, 7) is 5.71. The van der Waals surface area contributed by atoms with Crippen LogP contribution in [0.15, 0.2) is 53.4 Å². The van der Waals surface area contributed by atoms with Gasteiger partial charge in [-0.05, 0) is 29.2 Å². The topological polar surface area (TPSA) is 55.4 Å². The fraction of sp³-hybridized carbons (Fsp3) is 0.294. The molecule has 136 valence electrons. The number of nitrogens with one attached hydrogen (secondary N) is 1. The summed E-state index contributed by atoms with van der Waals surface area (Å²) >= 11 is 0. The largest absolute Gasteiger partial charge is 0.573 e. The third-order valence-electron chi connectivity index (χ3n) is 3.34. The quantitative estimate of drug-likeness (QED) is 0.846. The average Bonchev–Trinajstić information content (AvgIpc) is 2.45. The first-order chi connectivity index (χ1) is 11.4. The van der Waals surface area contributed by atoms with E-state index < -0.39 is 27.0 Å². The lowest BCUT2D eigenvalue weighted by molar-refractivity contribution is -0.275. The molecule has 1 N–H and O–H groups in total. The zero-order valence-corrected chi connectivity index (χ0v) is 14.7. The SMILES string of the molecule is CC(C)(C)c1ccccc1NS(=O)(=O)c1ccccc1OC(F)(F)F. The summed E-state index contributed by atoms with van der Waals surface area (Å²) in [4.78, 5) is -0.587. The van der Waals surface area contributed by atoms with E-state index in [1.54, 1.807) is 24.3 Å². The molecule has 0 amide bonds. The lowest BCUT2D eigenvalue weighted by atomic mass is 9.86. The zero-order chi connectivity index (χ0) is 18.9. The summed E-state index contributed by atoms with van der Waals surface area (Å²) in [6.07, 6.45) is -4.99. The van der Waals surface area contributed by atoms with Crippen molar-refractivity contribution in [3.63, 3.8) is 0 Å². The molecule has 0 aliphatic rings. The van der Waals surface area contributed by atoms with Crippen LogP contribution in [0.5, 0.6) is 5.75 Å². The first kappa shape index (κ1) is 19.1. The third kappa shape index (κ3) is 4.88. The molecule has 0 aliphatic heterocycles. The maximum atomic E-state index is 12.6. The van der Waals surface area contributed by atoms with Crippen molar-refractivity contribution in [3.05, 3.63) is 54.1 Å². The van der Waals surface area contributed by atoms with E-state index in [2.05, 4.69) is 9.46 Å². The van der Waals surface area contributed by atoms with Crippen molar-refractivity contribution >= 4 is 15.7 Å². The number of rotatable bonds is 4. The van der Waals surface area contributed by atoms with Crippen molar-refractivity contribution in [2.45, 2.75) is 37.4 Å². The lowest BCUT2D eigenvalue weighted by Gasteiger charge is -2.23. The number of benzene rings is 2. The highest BCUT2D eigenvalue weighted by atomic mass is 32.2. The van der Waals surface area contributed by atoms with Crippen molar-refractivity contribution in [1.82, 2.24) is 0 Å². The Bertz CT molecular complexity index is 856. The Balaban J connectivity index is 2.46. The minimum absolute atomic E-state index is 0.303. The Morgan fingerprint density at radius 2 is 1.48 bits per heavy atom. The molecule has 0 aliphatic carbocycles. The summed E-state index contributed by atoms with van der Waals surface area (Å²) in [5, 5.41) is 0. The van der Waals surface area contributed by atoms with Gasteiger partial charge in [0.15, 0.2) is 0 Å². The van der Waals surface area contributed by atoms with Crippen LogP contribution in [0.25, 0.3) is 0 Å². The highest BCUT2D eigenvalue weighted by molar-refractivity contribution is 7.92. The average molecular weight is 373 g/mol. The molecule has 2 aromatic rings. The lowest BCUT2D eigenvalue weighted by Crippen LogP contribution is -2.22. The maximum Gasteiger partial charge on any atom is 0.573 e. The molecule has 2 rings (SSSR count). The molecule has 25 heavy (non-hydrogen) atoms. The number of sulfonamides is 1. The molecule has 0 heterocycles. The maximum absolute atomic E-state index is 12.6. The molecule has 0 aromatic heterocycles. The molecular formula is C17H18F3NO3S. The van der Waals surface area contributed by atoms with Crippen molar-refractivity contribution in [2.75, 3.05) is 4.72 Å². The fourth-order valence-electron chi connectivity index (χ4n) is 2.31. The molecular weight excluding hydrogens is 355 g/mol. The number of ether oxygens (including phenoxy) is 1. The number of hydrogen-bond donors (Lipinski definition) is 1. The second-order valence-electron chi connectivity index (χ2n) is 6.40. The molecule has 0 fully saturated rings. The van der Waals surface area contributed by atoms with E-state index in [1.165, 1.54) is 12.1 Å². The highest BCUT2D eigenvalue weighted by Gasteiger charge is 2.34. The molecule has 4 nitrogen and oxygen atoms in total. The van der Waals surface area contributed by atoms with Gasteiger partial charge in [-0.15, -0.1) is 13.2 Å². The van der Waals surface area contributed by atoms with Gasteiger partial charge >= 0.3 is 6.36 Å². The van der Waals surface area contributed by atoms with Crippen LogP contribution in [-0.4, -0.2) is 14.8 Å². The number of hydrogen-bond acceptors (Lipinski definition) is 3. The van der Waals surface area contributed by atoms with E-state index in [0.717, 1.165) is 12.1 Å². The Hall–Kier alpha value is -2.22. The molecule has 0 bridgehead atoms. The van der Waals surface area contributed by atoms with Crippen LogP contribution in [0, 0.1) is 0 Å². The van der Waals surface area contributed by atoms with Crippen molar-refractivity contribution in [2.24, 2.45) is 0 Å². The van der Waals surface area contributed by atoms with E-state index in [0.29, 0.717) is 11.3 Å². The van der Waals surface area contributed by atoms with Gasteiger partial charge in [0.05, 0.1) is 5.69 Å². The predicted molar refractivity (Wildman–Crippen MR) is 89.1 cm³/mol. The van der Waals surface area contributed by atoms with E-state index in [1.807, 2.05) is 20.8 Å². The molecule has 0 unspecified atom stereocenters. The summed E-state index contributed by atoms with van der Waals surface area (Å²) in [5.74, 6) is -0.782. The van der Waals surface area contributed by atoms with Crippen LogP contribution >= 0.6 is 0 Å². The van der Waals surface area contributed by atoms with E-state index in [9.17, 15) is 21.6 Å². The van der Waals surface area contributed by atoms with E-state index >= 15 is 0 Å². The smallest absolute Gasteiger partial charge is 0.404 e. The highest BCUT2D eigenvalue weighted by Crippen LogP contribution is 2.33. The van der Waals surface area contributed by atoms with Gasteiger partial charge in [0, 0.05) is 0 Å². The summed E-state index contributed by atoms with van der Waals surface area (Å²) in [6, 6.07) is 11.3. The Morgan fingerprint density at radius 1 is 0.920 bits per heavy atom. The minimum atomic E-state index is -4.99. The van der Waals surface area contributed by atoms with Gasteiger partial charge in [-0.3, -0.25) is 4.72 Å². The Labute approximate surface area is 144 Å². The van der Waals surface area contributed by atoms with Crippen LogP contribution in [-0.2, 0) is 15.4 Å². The van der Waals surface area contributed by atoms with Crippen molar-refractivity contribution < 1.29 is 26.3 Å². The predicted octanol–water partition coefficient (Wildman–Crippen LogP) is 4.68. The molecule has 0 atom stereocenters. The van der Waals surface area contributed by atoms with Gasteiger partial charge in [0.1, 0.15) is 10.6 Å². The van der Waals surface area contributed by atoms with Crippen LogP contribution in [0.3, 0.4) is 0 Å². The standard InChI is InChI=1S/C17H18F3NO3S/c1-16(2,3)12-8-4-5-9-13(12)21-25(22,23)15-11-7-6-10-14(15)24-17(18,19)20/h4-11,21H,1-3H3. The van der Waals surface area contributed by atoms with Crippen molar-refractivity contribution in [3.8, 4) is 5.75 Å². The van der Waals surface area contributed by atoms with Crippen LogP contribution < -0.4 is 9.46 Å². The Kier molecular flexibility index (Phi) is 5.04. The molecule has 0 radical (unpaired) electrons. The van der Waals surface area contributed by atoms with Gasteiger partial charge < -0.3 is 4.74 Å². The number of alkyl halides is 3. The molecule has 0 spiro atoms. The van der Waals surface area contributed by atoms with Crippen LogP contribution in [0.2, 0.25) is 0 Å². The van der Waals surface area contributed by atoms with Gasteiger partial charge in [0.25, 0.3) is 10.0 Å². The summed E-state index contributed by atoms with van der Waals surface area (Å²) in [5.41, 5.74) is 0.658. The van der Waals surface area contributed by atoms with Crippen LogP contribution in [0.1, 0.15) is 26.3 Å². The van der Waals surface area contributed by atoms with Gasteiger partial charge in [0.2, 0.25) is 0 Å². The Morgan fingerprint density at radius 3 is 2.08 bits per heavy atom. The number of halogens is 3. The molecule has 2 aromatic carbocycles. The van der Waals surface area contributed by atoms with Crippen LogP contribution in [0.4, 0.5) is 18.9 Å². The van der Waals surface area contributed by atoms with E-state index in [4.69, 9.17) is 0 Å². The first-order valence-corrected chi connectivity index (χ1v) is 8.85. The third-order valence-corrected chi connectivity index (χ3v) is 4.75. The molecule has 0 saturated carbocycles. The minimum Gasteiger partial charge on any atom is -0.404 e. The first-order valence-electron chi connectivity index (χ1n) is 7.37. The van der Waals surface area contributed by atoms with Crippen molar-refractivity contribution in [1.29, 1.82) is 0 Å². The summed E-state index contributed by atoms with van der Waals surface area (Å²) in [7, 11) is -4.27. The zero-order valence-electron chi connectivity index (χ0n) is 13.9. The molecule has 0 saturated heterocycles. The van der Waals surface area contributed by atoms with Gasteiger partial charge in [-0.1, -0.05) is 51.1 Å². The van der Waals surface area contributed by atoms with E-state index in [-0.39, 0.29) is 5.41 Å². The summed E-state index contributed by atoms with van der Waals surface area (Å²) < 4.78 is 69.0. The second kappa shape index (κ2) is 6.59. The monoisotopic (exact) mass is 373 g/mol. The molecule has 8 heteroatoms. The van der Waals surface area contributed by atoms with Gasteiger partial charge in [-0.25, -0.2) is 8.42 Å². The fourth-order valence-corrected chi connectivity index (χ4v) is 3.52. The second-order valence-corrected chi connectivity index (χ2v) is 8.05. The number of para-hydroxylation sites is 2. The van der Waals surface area contributed by atoms with Gasteiger partial charge in [-0.2, -0.15) is 0 Å². The number of anilines is 1.